The first-order chi connectivity index (χ1) is 12.3. The van der Waals surface area contributed by atoms with Crippen molar-refractivity contribution in [3.05, 3.63) is 43.2 Å². The van der Waals surface area contributed by atoms with E-state index >= 15 is 0 Å². The molecule has 0 aliphatic carbocycles. The van der Waals surface area contributed by atoms with Crippen LogP contribution in [0.4, 0.5) is 13.2 Å². The normalized spacial score (nSPS) is 11.2. The zero-order valence-electron chi connectivity index (χ0n) is 13.9. The molecule has 0 saturated heterocycles. The fraction of sp³-hybridized carbons (Fsp3) is 0.312. The number of carbonyl (C=O) groups is 1. The number of thioether (sulfide) groups is 1. The smallest absolute Gasteiger partial charge is 0.406 e. The molecule has 0 unspecified atom stereocenters. The Morgan fingerprint density at radius 3 is 2.65 bits per heavy atom. The van der Waals surface area contributed by atoms with Crippen molar-refractivity contribution in [1.82, 2.24) is 19.7 Å². The summed E-state index contributed by atoms with van der Waals surface area (Å²) in [6.07, 6.45) is -1.74. The van der Waals surface area contributed by atoms with Gasteiger partial charge in [-0.25, -0.2) is 0 Å². The Bertz CT molecular complexity index is 747. The van der Waals surface area contributed by atoms with E-state index in [2.05, 4.69) is 16.8 Å². The van der Waals surface area contributed by atoms with E-state index < -0.39 is 18.6 Å². The summed E-state index contributed by atoms with van der Waals surface area (Å²) in [5, 5.41) is 8.12. The molecule has 0 aliphatic rings. The Morgan fingerprint density at radius 1 is 1.38 bits per heavy atom. The number of nitrogens with zero attached hydrogens (tertiary/aromatic N) is 4. The zero-order chi connectivity index (χ0) is 19.2. The van der Waals surface area contributed by atoms with Crippen LogP contribution in [0.25, 0.3) is 5.69 Å². The van der Waals surface area contributed by atoms with Crippen molar-refractivity contribution in [2.45, 2.75) is 11.3 Å². The first-order valence-electron chi connectivity index (χ1n) is 7.46. The molecule has 0 radical (unpaired) electrons. The quantitative estimate of drug-likeness (QED) is 0.516. The molecule has 0 atom stereocenters. The third-order valence-corrected chi connectivity index (χ3v) is 4.19. The van der Waals surface area contributed by atoms with Crippen molar-refractivity contribution in [3.8, 4) is 11.4 Å². The minimum atomic E-state index is -4.47. The van der Waals surface area contributed by atoms with E-state index in [0.29, 0.717) is 15.8 Å². The van der Waals surface area contributed by atoms with Crippen LogP contribution in [-0.2, 0) is 4.79 Å². The summed E-state index contributed by atoms with van der Waals surface area (Å²) in [5.41, 5.74) is 0.740. The standard InChI is InChI=1S/C16H17F3N4O2S/c1-3-8-22(10-16(17,18)19)14(24)9-26-15-21-20-11-23(15)12-4-6-13(25-2)7-5-12/h3-7,11H,1,8-10H2,2H3. The van der Waals surface area contributed by atoms with Gasteiger partial charge in [0.15, 0.2) is 5.16 Å². The van der Waals surface area contributed by atoms with Gasteiger partial charge in [-0.2, -0.15) is 13.2 Å². The van der Waals surface area contributed by atoms with Crippen molar-refractivity contribution in [2.24, 2.45) is 0 Å². The summed E-state index contributed by atoms with van der Waals surface area (Å²) in [6.45, 7) is 1.89. The number of carbonyl (C=O) groups excluding carboxylic acids is 1. The highest BCUT2D eigenvalue weighted by molar-refractivity contribution is 7.99. The fourth-order valence-corrected chi connectivity index (χ4v) is 2.92. The highest BCUT2D eigenvalue weighted by atomic mass is 32.2. The van der Waals surface area contributed by atoms with Gasteiger partial charge in [0, 0.05) is 12.2 Å². The highest BCUT2D eigenvalue weighted by Gasteiger charge is 2.32. The molecule has 2 rings (SSSR count). The number of ether oxygens (including phenoxy) is 1. The van der Waals surface area contributed by atoms with Crippen molar-refractivity contribution in [2.75, 3.05) is 26.0 Å². The Kier molecular flexibility index (Phi) is 6.67. The first-order valence-corrected chi connectivity index (χ1v) is 8.45. The molecule has 140 valence electrons. The SMILES string of the molecule is C=CCN(CC(F)(F)F)C(=O)CSc1nncn1-c1ccc(OC)cc1. The maximum Gasteiger partial charge on any atom is 0.406 e. The van der Waals surface area contributed by atoms with Gasteiger partial charge in [0.2, 0.25) is 5.91 Å². The van der Waals surface area contributed by atoms with Gasteiger partial charge >= 0.3 is 6.18 Å². The van der Waals surface area contributed by atoms with Crippen LogP contribution in [0.5, 0.6) is 5.75 Å². The van der Waals surface area contributed by atoms with Crippen molar-refractivity contribution >= 4 is 17.7 Å². The minimum Gasteiger partial charge on any atom is -0.497 e. The van der Waals surface area contributed by atoms with E-state index in [-0.39, 0.29) is 12.3 Å². The number of amides is 1. The molecule has 26 heavy (non-hydrogen) atoms. The lowest BCUT2D eigenvalue weighted by molar-refractivity contribution is -0.158. The van der Waals surface area contributed by atoms with Gasteiger partial charge in [0.25, 0.3) is 0 Å². The van der Waals surface area contributed by atoms with Crippen LogP contribution in [-0.4, -0.2) is 57.7 Å². The van der Waals surface area contributed by atoms with E-state index in [1.165, 1.54) is 12.4 Å². The molecule has 0 aliphatic heterocycles. The van der Waals surface area contributed by atoms with Gasteiger partial charge in [-0.05, 0) is 24.3 Å². The van der Waals surface area contributed by atoms with Crippen LogP contribution in [0.15, 0.2) is 48.4 Å². The van der Waals surface area contributed by atoms with Crippen LogP contribution in [0.3, 0.4) is 0 Å². The van der Waals surface area contributed by atoms with Crippen LogP contribution in [0, 0.1) is 0 Å². The minimum absolute atomic E-state index is 0.177. The van der Waals surface area contributed by atoms with E-state index in [0.717, 1.165) is 17.4 Å². The van der Waals surface area contributed by atoms with Crippen molar-refractivity contribution in [1.29, 1.82) is 0 Å². The van der Waals surface area contributed by atoms with Gasteiger partial charge in [-0.15, -0.1) is 16.8 Å². The molecule has 1 heterocycles. The Hall–Kier alpha value is -2.49. The molecular weight excluding hydrogens is 369 g/mol. The Labute approximate surface area is 152 Å². The molecular formula is C16H17F3N4O2S. The summed E-state index contributed by atoms with van der Waals surface area (Å²) in [6, 6.07) is 7.07. The Balaban J connectivity index is 2.06. The molecule has 2 aromatic rings. The largest absolute Gasteiger partial charge is 0.497 e. The number of benzene rings is 1. The first kappa shape index (κ1) is 19.8. The van der Waals surface area contributed by atoms with E-state index in [1.54, 1.807) is 35.9 Å². The fourth-order valence-electron chi connectivity index (χ4n) is 2.09. The summed E-state index contributed by atoms with van der Waals surface area (Å²) >= 11 is 1.01. The average Bonchev–Trinajstić information content (AvgIpc) is 3.06. The summed E-state index contributed by atoms with van der Waals surface area (Å²) < 4.78 is 44.5. The lowest BCUT2D eigenvalue weighted by atomic mass is 10.3. The zero-order valence-corrected chi connectivity index (χ0v) is 14.8. The average molecular weight is 386 g/mol. The second-order valence-corrected chi connectivity index (χ2v) is 6.09. The number of aromatic nitrogens is 3. The molecule has 0 N–H and O–H groups in total. The molecule has 1 aromatic carbocycles. The number of alkyl halides is 3. The molecule has 10 heteroatoms. The number of hydrogen-bond donors (Lipinski definition) is 0. The van der Waals surface area contributed by atoms with Crippen molar-refractivity contribution < 1.29 is 22.7 Å². The summed E-state index contributed by atoms with van der Waals surface area (Å²) in [5.74, 6) is -0.173. The third-order valence-electron chi connectivity index (χ3n) is 3.26. The molecule has 1 aromatic heterocycles. The number of halogens is 3. The molecule has 0 saturated carbocycles. The van der Waals surface area contributed by atoms with Gasteiger partial charge in [0.05, 0.1) is 12.9 Å². The third kappa shape index (κ3) is 5.51. The second kappa shape index (κ2) is 8.75. The maximum atomic E-state index is 12.6. The highest BCUT2D eigenvalue weighted by Crippen LogP contribution is 2.23. The van der Waals surface area contributed by atoms with Crippen LogP contribution >= 0.6 is 11.8 Å². The second-order valence-electron chi connectivity index (χ2n) is 5.15. The van der Waals surface area contributed by atoms with Gasteiger partial charge in [-0.1, -0.05) is 17.8 Å². The summed E-state index contributed by atoms with van der Waals surface area (Å²) in [4.78, 5) is 12.8. The number of methoxy groups -OCH3 is 1. The number of rotatable bonds is 8. The molecule has 1 amide bonds. The lowest BCUT2D eigenvalue weighted by Gasteiger charge is -2.22. The number of hydrogen-bond acceptors (Lipinski definition) is 5. The Morgan fingerprint density at radius 2 is 2.08 bits per heavy atom. The lowest BCUT2D eigenvalue weighted by Crippen LogP contribution is -2.40. The van der Waals surface area contributed by atoms with Crippen molar-refractivity contribution in [3.63, 3.8) is 0 Å². The predicted octanol–water partition coefficient (Wildman–Crippen LogP) is 2.94. The van der Waals surface area contributed by atoms with E-state index in [9.17, 15) is 18.0 Å². The van der Waals surface area contributed by atoms with E-state index in [1.807, 2.05) is 0 Å². The van der Waals surface area contributed by atoms with Gasteiger partial charge in [-0.3, -0.25) is 9.36 Å². The molecule has 0 spiro atoms. The summed E-state index contributed by atoms with van der Waals surface area (Å²) in [7, 11) is 1.55. The molecule has 0 fully saturated rings. The predicted molar refractivity (Wildman–Crippen MR) is 91.5 cm³/mol. The maximum absolute atomic E-state index is 12.6. The van der Waals surface area contributed by atoms with Gasteiger partial charge in [0.1, 0.15) is 18.6 Å². The van der Waals surface area contributed by atoms with Crippen LogP contribution in [0.2, 0.25) is 0 Å². The van der Waals surface area contributed by atoms with E-state index in [4.69, 9.17) is 4.74 Å². The topological polar surface area (TPSA) is 60.2 Å². The monoisotopic (exact) mass is 386 g/mol. The van der Waals surface area contributed by atoms with Crippen LogP contribution in [0.1, 0.15) is 0 Å². The van der Waals surface area contributed by atoms with Crippen LogP contribution < -0.4 is 4.74 Å². The molecule has 6 nitrogen and oxygen atoms in total. The van der Waals surface area contributed by atoms with Gasteiger partial charge < -0.3 is 9.64 Å². The molecule has 0 bridgehead atoms.